The Balaban J connectivity index is 2.44. The van der Waals surface area contributed by atoms with Gasteiger partial charge >= 0.3 is 6.09 Å². The molecule has 0 aliphatic rings. The van der Waals surface area contributed by atoms with Gasteiger partial charge in [0.15, 0.2) is 0 Å². The van der Waals surface area contributed by atoms with Crippen LogP contribution in [-0.4, -0.2) is 17.9 Å². The molecule has 0 fully saturated rings. The normalized spacial score (nSPS) is 13.3. The molecule has 0 bridgehead atoms. The Kier molecular flexibility index (Phi) is 4.89. The van der Waals surface area contributed by atoms with Crippen molar-refractivity contribution in [1.82, 2.24) is 5.43 Å². The summed E-state index contributed by atoms with van der Waals surface area (Å²) in [6.45, 7) is 7.43. The predicted octanol–water partition coefficient (Wildman–Crippen LogP) is 3.30. The van der Waals surface area contributed by atoms with Gasteiger partial charge in [-0.2, -0.15) is 5.10 Å². The van der Waals surface area contributed by atoms with E-state index in [1.165, 1.54) is 0 Å². The van der Waals surface area contributed by atoms with E-state index in [2.05, 4.69) is 10.5 Å². The van der Waals surface area contributed by atoms with E-state index in [1.807, 2.05) is 58.0 Å². The Morgan fingerprint density at radius 3 is 2.50 bits per heavy atom. The molecule has 0 aliphatic heterocycles. The van der Waals surface area contributed by atoms with Crippen molar-refractivity contribution >= 4 is 12.3 Å². The third-order valence-corrected chi connectivity index (χ3v) is 2.18. The second-order valence-corrected chi connectivity index (χ2v) is 5.09. The predicted molar refractivity (Wildman–Crippen MR) is 72.7 cm³/mol. The van der Waals surface area contributed by atoms with Gasteiger partial charge in [0.2, 0.25) is 0 Å². The van der Waals surface area contributed by atoms with Crippen LogP contribution in [0.1, 0.15) is 39.2 Å². The number of rotatable bonds is 3. The molecule has 0 heterocycles. The molecule has 1 aromatic rings. The summed E-state index contributed by atoms with van der Waals surface area (Å²) in [7, 11) is 0. The lowest BCUT2D eigenvalue weighted by Crippen LogP contribution is -2.29. The maximum Gasteiger partial charge on any atom is 0.428 e. The molecule has 0 saturated heterocycles. The topological polar surface area (TPSA) is 50.7 Å². The first-order valence-electron chi connectivity index (χ1n) is 5.95. The van der Waals surface area contributed by atoms with Gasteiger partial charge in [0.1, 0.15) is 5.60 Å². The second kappa shape index (κ2) is 6.19. The van der Waals surface area contributed by atoms with Gasteiger partial charge in [-0.05, 0) is 26.3 Å². The molecule has 1 amide bonds. The van der Waals surface area contributed by atoms with Gasteiger partial charge in [0.05, 0.1) is 0 Å². The number of nitrogens with one attached hydrogen (secondary N) is 1. The molecule has 1 N–H and O–H groups in total. The first-order valence-corrected chi connectivity index (χ1v) is 5.95. The summed E-state index contributed by atoms with van der Waals surface area (Å²) in [5.74, 6) is 0.140. The molecule has 1 aromatic carbocycles. The summed E-state index contributed by atoms with van der Waals surface area (Å²) in [6, 6.07) is 9.95. The standard InChI is InChI=1S/C14H20N2O2/c1-11(12-8-6-5-7-9-12)10-15-16-13(17)18-14(2,3)4/h5-11H,1-4H3,(H,16,17)/b15-10-/t11-/m0/s1. The molecular weight excluding hydrogens is 228 g/mol. The summed E-state index contributed by atoms with van der Waals surface area (Å²) in [5.41, 5.74) is 2.98. The van der Waals surface area contributed by atoms with Crippen molar-refractivity contribution < 1.29 is 9.53 Å². The third-order valence-electron chi connectivity index (χ3n) is 2.18. The van der Waals surface area contributed by atoms with E-state index in [0.29, 0.717) is 0 Å². The number of nitrogens with zero attached hydrogens (tertiary/aromatic N) is 1. The molecule has 4 nitrogen and oxygen atoms in total. The van der Waals surface area contributed by atoms with E-state index in [-0.39, 0.29) is 5.92 Å². The van der Waals surface area contributed by atoms with Gasteiger partial charge in [-0.15, -0.1) is 0 Å². The monoisotopic (exact) mass is 248 g/mol. The second-order valence-electron chi connectivity index (χ2n) is 5.09. The van der Waals surface area contributed by atoms with E-state index >= 15 is 0 Å². The van der Waals surface area contributed by atoms with Gasteiger partial charge < -0.3 is 4.74 Å². The zero-order chi connectivity index (χ0) is 13.6. The number of hydrogen-bond donors (Lipinski definition) is 1. The number of hydrazone groups is 1. The van der Waals surface area contributed by atoms with Crippen molar-refractivity contribution in [3.8, 4) is 0 Å². The maximum absolute atomic E-state index is 11.3. The molecule has 0 spiro atoms. The van der Waals surface area contributed by atoms with Crippen molar-refractivity contribution in [2.75, 3.05) is 0 Å². The molecular formula is C14H20N2O2. The molecule has 1 atom stereocenters. The highest BCUT2D eigenvalue weighted by Crippen LogP contribution is 2.11. The molecule has 4 heteroatoms. The van der Waals surface area contributed by atoms with Crippen molar-refractivity contribution in [2.24, 2.45) is 5.10 Å². The van der Waals surface area contributed by atoms with Crippen LogP contribution in [0.5, 0.6) is 0 Å². The Morgan fingerprint density at radius 2 is 1.94 bits per heavy atom. The number of hydrogen-bond acceptors (Lipinski definition) is 3. The SMILES string of the molecule is C[C@@H](/C=N\NC(=O)OC(C)(C)C)c1ccccc1. The fourth-order valence-corrected chi connectivity index (χ4v) is 1.35. The number of ether oxygens (including phenoxy) is 1. The lowest BCUT2D eigenvalue weighted by molar-refractivity contribution is 0.0529. The van der Waals surface area contributed by atoms with Gasteiger partial charge in [-0.1, -0.05) is 37.3 Å². The molecule has 0 radical (unpaired) electrons. The minimum atomic E-state index is -0.543. The number of carbonyl (C=O) groups excluding carboxylic acids is 1. The fourth-order valence-electron chi connectivity index (χ4n) is 1.35. The molecule has 18 heavy (non-hydrogen) atoms. The van der Waals surface area contributed by atoms with Crippen molar-refractivity contribution in [1.29, 1.82) is 0 Å². The first kappa shape index (κ1) is 14.2. The van der Waals surface area contributed by atoms with Crippen LogP contribution in [0.2, 0.25) is 0 Å². The lowest BCUT2D eigenvalue weighted by atomic mass is 10.0. The smallest absolute Gasteiger partial charge is 0.428 e. The Morgan fingerprint density at radius 1 is 1.33 bits per heavy atom. The molecule has 98 valence electrons. The van der Waals surface area contributed by atoms with Crippen LogP contribution < -0.4 is 5.43 Å². The van der Waals surface area contributed by atoms with Gasteiger partial charge in [0, 0.05) is 12.1 Å². The fraction of sp³-hybridized carbons (Fsp3) is 0.429. The molecule has 1 rings (SSSR count). The highest BCUT2D eigenvalue weighted by atomic mass is 16.6. The zero-order valence-corrected chi connectivity index (χ0v) is 11.3. The Labute approximate surface area is 108 Å². The first-order chi connectivity index (χ1) is 8.38. The highest BCUT2D eigenvalue weighted by Gasteiger charge is 2.15. The summed E-state index contributed by atoms with van der Waals surface area (Å²) < 4.78 is 5.06. The Hall–Kier alpha value is -1.84. The summed E-state index contributed by atoms with van der Waals surface area (Å²) >= 11 is 0. The molecule has 0 saturated carbocycles. The summed E-state index contributed by atoms with van der Waals surface area (Å²) in [6.07, 6.45) is 1.14. The van der Waals surface area contributed by atoms with E-state index in [1.54, 1.807) is 6.21 Å². The van der Waals surface area contributed by atoms with Gasteiger partial charge in [-0.25, -0.2) is 10.2 Å². The summed E-state index contributed by atoms with van der Waals surface area (Å²) in [5, 5.41) is 3.88. The average Bonchev–Trinajstić information content (AvgIpc) is 2.27. The molecule has 0 aromatic heterocycles. The number of carbonyl (C=O) groups is 1. The number of benzene rings is 1. The van der Waals surface area contributed by atoms with Crippen LogP contribution in [0.4, 0.5) is 4.79 Å². The molecule has 0 unspecified atom stereocenters. The zero-order valence-electron chi connectivity index (χ0n) is 11.3. The van der Waals surface area contributed by atoms with Crippen LogP contribution in [0, 0.1) is 0 Å². The van der Waals surface area contributed by atoms with Gasteiger partial charge in [-0.3, -0.25) is 0 Å². The molecule has 0 aliphatic carbocycles. The maximum atomic E-state index is 11.3. The minimum Gasteiger partial charge on any atom is -0.443 e. The van der Waals surface area contributed by atoms with E-state index < -0.39 is 11.7 Å². The van der Waals surface area contributed by atoms with Crippen LogP contribution in [0.25, 0.3) is 0 Å². The Bertz CT molecular complexity index is 408. The van der Waals surface area contributed by atoms with E-state index in [9.17, 15) is 4.79 Å². The summed E-state index contributed by atoms with van der Waals surface area (Å²) in [4.78, 5) is 11.3. The van der Waals surface area contributed by atoms with Crippen LogP contribution >= 0.6 is 0 Å². The van der Waals surface area contributed by atoms with Crippen molar-refractivity contribution in [2.45, 2.75) is 39.2 Å². The van der Waals surface area contributed by atoms with E-state index in [4.69, 9.17) is 4.74 Å². The van der Waals surface area contributed by atoms with Crippen molar-refractivity contribution in [3.63, 3.8) is 0 Å². The largest absolute Gasteiger partial charge is 0.443 e. The van der Waals surface area contributed by atoms with Crippen molar-refractivity contribution in [3.05, 3.63) is 35.9 Å². The third kappa shape index (κ3) is 5.48. The van der Waals surface area contributed by atoms with Crippen LogP contribution in [-0.2, 0) is 4.74 Å². The van der Waals surface area contributed by atoms with Gasteiger partial charge in [0.25, 0.3) is 0 Å². The van der Waals surface area contributed by atoms with E-state index in [0.717, 1.165) is 5.56 Å². The minimum absolute atomic E-state index is 0.140. The quantitative estimate of drug-likeness (QED) is 0.659. The lowest BCUT2D eigenvalue weighted by Gasteiger charge is -2.18. The number of amides is 1. The van der Waals surface area contributed by atoms with Crippen LogP contribution in [0.3, 0.4) is 0 Å². The highest BCUT2D eigenvalue weighted by molar-refractivity contribution is 5.72. The van der Waals surface area contributed by atoms with Crippen LogP contribution in [0.15, 0.2) is 35.4 Å². The average molecular weight is 248 g/mol.